The van der Waals surface area contributed by atoms with Crippen LogP contribution in [0.2, 0.25) is 19.6 Å². The lowest BCUT2D eigenvalue weighted by Gasteiger charge is -2.18. The fraction of sp³-hybridized carbons (Fsp3) is 0.273. The van der Waals surface area contributed by atoms with Crippen molar-refractivity contribution in [2.45, 2.75) is 53.3 Å². The van der Waals surface area contributed by atoms with E-state index in [4.69, 9.17) is 11.0 Å². The zero-order chi connectivity index (χ0) is 26.6. The average Bonchev–Trinajstić information content (AvgIpc) is 3.23. The number of benzene rings is 3. The van der Waals surface area contributed by atoms with E-state index in [0.717, 1.165) is 44.3 Å². The van der Waals surface area contributed by atoms with Gasteiger partial charge in [0.1, 0.15) is 18.2 Å². The lowest BCUT2D eigenvalue weighted by Crippen LogP contribution is -2.49. The number of furan rings is 1. The topological polar surface area (TPSA) is 21.4 Å². The highest BCUT2D eigenvalue weighted by atomic mass is 28.3. The van der Waals surface area contributed by atoms with E-state index >= 15 is 0 Å². The van der Waals surface area contributed by atoms with E-state index in [9.17, 15) is 0 Å². The van der Waals surface area contributed by atoms with Gasteiger partial charge in [-0.1, -0.05) is 88.1 Å². The van der Waals surface area contributed by atoms with E-state index < -0.39 is 8.07 Å². The molecule has 186 valence electrons. The van der Waals surface area contributed by atoms with Crippen molar-refractivity contribution < 1.29 is 8.98 Å². The molecule has 2 heterocycles. The summed E-state index contributed by atoms with van der Waals surface area (Å²) >= 11 is 0. The Balaban J connectivity index is 1.82. The Morgan fingerprint density at radius 1 is 0.811 bits per heavy atom. The first kappa shape index (κ1) is 25.0. The molecule has 37 heavy (non-hydrogen) atoms. The lowest BCUT2D eigenvalue weighted by molar-refractivity contribution is -0.665. The van der Waals surface area contributed by atoms with Crippen LogP contribution in [0.5, 0.6) is 0 Å². The molecule has 0 saturated carbocycles. The molecule has 0 aliphatic carbocycles. The predicted molar refractivity (Wildman–Crippen MR) is 159 cm³/mol. The quantitative estimate of drug-likeness (QED) is 0.137. The van der Waals surface area contributed by atoms with Gasteiger partial charge in [-0.25, -0.2) is 4.85 Å². The fourth-order valence-electron chi connectivity index (χ4n) is 5.52. The third-order valence-electron chi connectivity index (χ3n) is 7.71. The van der Waals surface area contributed by atoms with Gasteiger partial charge in [-0.3, -0.25) is 0 Å². The van der Waals surface area contributed by atoms with Crippen LogP contribution in [0, 0.1) is 20.4 Å². The molecule has 5 rings (SSSR count). The molecular weight excluding hydrogens is 468 g/mol. The molecule has 0 unspecified atom stereocenters. The second-order valence-electron chi connectivity index (χ2n) is 11.5. The second kappa shape index (κ2) is 9.01. The summed E-state index contributed by atoms with van der Waals surface area (Å²) < 4.78 is 9.09. The first-order valence-corrected chi connectivity index (χ1v) is 16.5. The highest BCUT2D eigenvalue weighted by Gasteiger charge is 2.28. The molecule has 5 aromatic rings. The van der Waals surface area contributed by atoms with Gasteiger partial charge in [0, 0.05) is 34.5 Å². The van der Waals surface area contributed by atoms with Gasteiger partial charge in [-0.05, 0) is 29.5 Å². The summed E-state index contributed by atoms with van der Waals surface area (Å²) in [4.78, 5) is 3.87. The highest BCUT2D eigenvalue weighted by molar-refractivity contribution is 6.88. The molecule has 0 N–H and O–H groups in total. The van der Waals surface area contributed by atoms with E-state index in [1.165, 1.54) is 22.0 Å². The van der Waals surface area contributed by atoms with Crippen molar-refractivity contribution in [2.75, 3.05) is 0 Å². The Bertz CT molecular complexity index is 1710. The molecule has 0 fully saturated rings. The predicted octanol–water partition coefficient (Wildman–Crippen LogP) is 8.58. The molecule has 0 radical (unpaired) electrons. The third-order valence-corrected chi connectivity index (χ3v) is 9.85. The molecule has 3 aromatic carbocycles. The summed E-state index contributed by atoms with van der Waals surface area (Å²) in [5, 5.41) is 3.60. The Morgan fingerprint density at radius 3 is 2.03 bits per heavy atom. The van der Waals surface area contributed by atoms with Crippen LogP contribution in [0.3, 0.4) is 0 Å². The summed E-state index contributed by atoms with van der Waals surface area (Å²) in [6.45, 7) is 23.8. The monoisotopic (exact) mass is 503 g/mol. The number of hydrogen-bond acceptors (Lipinski definition) is 1. The minimum atomic E-state index is -1.47. The van der Waals surface area contributed by atoms with E-state index in [1.807, 2.05) is 12.1 Å². The van der Waals surface area contributed by atoms with E-state index in [1.54, 1.807) is 0 Å². The van der Waals surface area contributed by atoms with Crippen molar-refractivity contribution >= 4 is 40.9 Å². The molecule has 0 amide bonds. The number of aromatic nitrogens is 1. The molecule has 0 bridgehead atoms. The van der Waals surface area contributed by atoms with Crippen LogP contribution in [0.4, 0.5) is 5.69 Å². The summed E-state index contributed by atoms with van der Waals surface area (Å²) in [5.41, 5.74) is 10.2. The summed E-state index contributed by atoms with van der Waals surface area (Å²) in [6, 6.07) is 21.5. The molecule has 0 aliphatic rings. The summed E-state index contributed by atoms with van der Waals surface area (Å²) in [6.07, 6.45) is 0. The Kier molecular flexibility index (Phi) is 6.08. The molecule has 3 nitrogen and oxygen atoms in total. The molecule has 0 aliphatic heterocycles. The van der Waals surface area contributed by atoms with Crippen LogP contribution in [-0.4, -0.2) is 8.07 Å². The maximum Gasteiger partial charge on any atom is 0.216 e. The van der Waals surface area contributed by atoms with Gasteiger partial charge in [0.2, 0.25) is 5.69 Å². The van der Waals surface area contributed by atoms with Gasteiger partial charge < -0.3 is 4.42 Å². The molecule has 4 heteroatoms. The number of aryl methyl sites for hydroxylation is 1. The van der Waals surface area contributed by atoms with Gasteiger partial charge in [-0.15, -0.1) is 0 Å². The van der Waals surface area contributed by atoms with Crippen molar-refractivity contribution in [1.29, 1.82) is 0 Å². The van der Waals surface area contributed by atoms with Crippen LogP contribution >= 0.6 is 0 Å². The van der Waals surface area contributed by atoms with E-state index in [-0.39, 0.29) is 0 Å². The second-order valence-corrected chi connectivity index (χ2v) is 16.5. The van der Waals surface area contributed by atoms with Gasteiger partial charge in [0.15, 0.2) is 11.4 Å². The standard InChI is InChI=1S/C33H35N2OSi/c1-20(2)23-11-13-24(14-12-23)31-27(34-5)17-16-26-25-15-10-21(3)30(32(25)36-33(26)31)28-18-19-29(37(7,8)9)22(4)35(28)6/h10-20H,1-4,6-9H3/q+1. The van der Waals surface area contributed by atoms with Crippen LogP contribution in [0.15, 0.2) is 65.1 Å². The number of hydrogen-bond donors (Lipinski definition) is 0. The van der Waals surface area contributed by atoms with Gasteiger partial charge in [0.25, 0.3) is 0 Å². The lowest BCUT2D eigenvalue weighted by atomic mass is 9.96. The maximum atomic E-state index is 7.87. The number of fused-ring (bicyclic) bond motifs is 3. The Morgan fingerprint density at radius 2 is 1.43 bits per heavy atom. The minimum absolute atomic E-state index is 0.457. The zero-order valence-corrected chi connectivity index (χ0v) is 24.2. The average molecular weight is 504 g/mol. The number of nitrogens with zero attached hydrogens (tertiary/aromatic N) is 2. The molecule has 2 aromatic heterocycles. The van der Waals surface area contributed by atoms with Crippen molar-refractivity contribution in [3.63, 3.8) is 0 Å². The maximum absolute atomic E-state index is 7.87. The SMILES string of the molecule is [C-]#[N+]c1ccc2c(oc3c(-c4ccc([Si](C)(C)C)c(C)[n+]4C)c(C)ccc32)c1-c1ccc(C(C)C)cc1. The van der Waals surface area contributed by atoms with Crippen LogP contribution in [-0.2, 0) is 7.05 Å². The van der Waals surface area contributed by atoms with Crippen molar-refractivity contribution in [3.8, 4) is 22.4 Å². The third kappa shape index (κ3) is 4.08. The van der Waals surface area contributed by atoms with E-state index in [2.05, 4.69) is 112 Å². The van der Waals surface area contributed by atoms with Crippen LogP contribution < -0.4 is 9.75 Å². The molecule has 0 saturated heterocycles. The van der Waals surface area contributed by atoms with E-state index in [0.29, 0.717) is 11.6 Å². The summed E-state index contributed by atoms with van der Waals surface area (Å²) in [7, 11) is 0.695. The minimum Gasteiger partial charge on any atom is -0.456 e. The van der Waals surface area contributed by atoms with Crippen molar-refractivity contribution in [3.05, 3.63) is 88.9 Å². The fourth-order valence-corrected chi connectivity index (χ4v) is 7.35. The highest BCUT2D eigenvalue weighted by Crippen LogP contribution is 2.44. The van der Waals surface area contributed by atoms with Gasteiger partial charge >= 0.3 is 0 Å². The van der Waals surface area contributed by atoms with Crippen molar-refractivity contribution in [1.82, 2.24) is 0 Å². The van der Waals surface area contributed by atoms with Crippen LogP contribution in [0.1, 0.15) is 36.6 Å². The Labute approximate surface area is 221 Å². The molecular formula is C33H35N2OSi+. The Hall–Kier alpha value is -3.68. The smallest absolute Gasteiger partial charge is 0.216 e. The van der Waals surface area contributed by atoms with Crippen LogP contribution in [0.25, 0.3) is 49.2 Å². The first-order chi connectivity index (χ1) is 17.5. The molecule has 0 atom stereocenters. The first-order valence-electron chi connectivity index (χ1n) is 13.0. The van der Waals surface area contributed by atoms with Gasteiger partial charge in [-0.2, -0.15) is 4.57 Å². The summed E-state index contributed by atoms with van der Waals surface area (Å²) in [5.74, 6) is 0.457. The van der Waals surface area contributed by atoms with Gasteiger partial charge in [0.05, 0.1) is 20.2 Å². The normalized spacial score (nSPS) is 12.0. The number of pyridine rings is 1. The zero-order valence-electron chi connectivity index (χ0n) is 23.2. The van der Waals surface area contributed by atoms with Crippen molar-refractivity contribution in [2.24, 2.45) is 7.05 Å². The molecule has 0 spiro atoms. The largest absolute Gasteiger partial charge is 0.456 e. The number of rotatable bonds is 4.